The lowest BCUT2D eigenvalue weighted by atomic mass is 10.2. The number of guanidine groups is 1. The van der Waals surface area contributed by atoms with E-state index in [9.17, 15) is 0 Å². The second kappa shape index (κ2) is 8.36. The fourth-order valence-corrected chi connectivity index (χ4v) is 4.32. The quantitative estimate of drug-likeness (QED) is 0.512. The van der Waals surface area contributed by atoms with Gasteiger partial charge in [0.2, 0.25) is 0 Å². The Hall–Kier alpha value is -1.53. The summed E-state index contributed by atoms with van der Waals surface area (Å²) in [5.41, 5.74) is 0. The van der Waals surface area contributed by atoms with E-state index in [1.165, 1.54) is 17.1 Å². The standard InChI is InChI=1S/C17H22N4S2/c1-18-17(20-11-16-19-8-10-22-16)21-9-7-14(12-21)13-23-15-5-3-2-4-6-15/h2-6,8,10,14H,7,9,11-13H2,1H3,(H,18,20). The molecule has 6 heteroatoms. The Kier molecular flexibility index (Phi) is 5.93. The fraction of sp³-hybridized carbons (Fsp3) is 0.412. The first-order valence-electron chi connectivity index (χ1n) is 7.87. The predicted molar refractivity (Wildman–Crippen MR) is 99.2 cm³/mol. The number of hydrogen-bond acceptors (Lipinski definition) is 4. The van der Waals surface area contributed by atoms with Crippen LogP contribution in [0.15, 0.2) is 51.8 Å². The van der Waals surface area contributed by atoms with Crippen molar-refractivity contribution >= 4 is 29.1 Å². The highest BCUT2D eigenvalue weighted by molar-refractivity contribution is 7.99. The number of thiazole rings is 1. The molecule has 122 valence electrons. The van der Waals surface area contributed by atoms with Crippen LogP contribution < -0.4 is 5.32 Å². The molecule has 2 heterocycles. The maximum Gasteiger partial charge on any atom is 0.194 e. The van der Waals surface area contributed by atoms with Crippen LogP contribution >= 0.6 is 23.1 Å². The molecule has 1 aliphatic heterocycles. The molecule has 0 aliphatic carbocycles. The molecule has 1 aromatic heterocycles. The first-order valence-corrected chi connectivity index (χ1v) is 9.73. The third kappa shape index (κ3) is 4.72. The first kappa shape index (κ1) is 16.3. The van der Waals surface area contributed by atoms with Gasteiger partial charge in [0.05, 0.1) is 6.54 Å². The third-order valence-corrected chi connectivity index (χ3v) is 5.93. The smallest absolute Gasteiger partial charge is 0.194 e. The summed E-state index contributed by atoms with van der Waals surface area (Å²) in [6, 6.07) is 10.7. The number of nitrogens with zero attached hydrogens (tertiary/aromatic N) is 3. The summed E-state index contributed by atoms with van der Waals surface area (Å²) in [6.45, 7) is 2.92. The third-order valence-electron chi connectivity index (χ3n) is 3.91. The van der Waals surface area contributed by atoms with Crippen molar-refractivity contribution in [2.24, 2.45) is 10.9 Å². The molecule has 1 atom stereocenters. The van der Waals surface area contributed by atoms with Crippen LogP contribution in [-0.4, -0.2) is 41.7 Å². The number of thioether (sulfide) groups is 1. The van der Waals surface area contributed by atoms with Gasteiger partial charge in [-0.05, 0) is 24.5 Å². The van der Waals surface area contributed by atoms with Gasteiger partial charge in [0.1, 0.15) is 5.01 Å². The first-order chi connectivity index (χ1) is 11.3. The second-order valence-electron chi connectivity index (χ2n) is 5.55. The van der Waals surface area contributed by atoms with E-state index in [2.05, 4.69) is 50.5 Å². The number of aliphatic imine (C=N–C) groups is 1. The highest BCUT2D eigenvalue weighted by Gasteiger charge is 2.24. The van der Waals surface area contributed by atoms with E-state index < -0.39 is 0 Å². The van der Waals surface area contributed by atoms with Crippen LogP contribution in [0.4, 0.5) is 0 Å². The van der Waals surface area contributed by atoms with Crippen molar-refractivity contribution in [1.82, 2.24) is 15.2 Å². The summed E-state index contributed by atoms with van der Waals surface area (Å²) in [5.74, 6) is 2.88. The molecule has 2 aromatic rings. The van der Waals surface area contributed by atoms with Gasteiger partial charge in [0.15, 0.2) is 5.96 Å². The maximum atomic E-state index is 4.42. The average Bonchev–Trinajstić information content (AvgIpc) is 3.26. The summed E-state index contributed by atoms with van der Waals surface area (Å²) in [5, 5.41) is 6.53. The Morgan fingerprint density at radius 1 is 1.43 bits per heavy atom. The van der Waals surface area contributed by atoms with Gasteiger partial charge >= 0.3 is 0 Å². The molecule has 0 bridgehead atoms. The zero-order valence-corrected chi connectivity index (χ0v) is 14.9. The molecule has 23 heavy (non-hydrogen) atoms. The Morgan fingerprint density at radius 2 is 2.30 bits per heavy atom. The lowest BCUT2D eigenvalue weighted by Crippen LogP contribution is -2.39. The van der Waals surface area contributed by atoms with Crippen molar-refractivity contribution in [3.63, 3.8) is 0 Å². The van der Waals surface area contributed by atoms with Crippen molar-refractivity contribution in [3.05, 3.63) is 46.9 Å². The Balaban J connectivity index is 1.46. The Labute approximate surface area is 146 Å². The molecule has 1 saturated heterocycles. The highest BCUT2D eigenvalue weighted by Crippen LogP contribution is 2.25. The Morgan fingerprint density at radius 3 is 3.04 bits per heavy atom. The van der Waals surface area contributed by atoms with Gasteiger partial charge in [-0.2, -0.15) is 0 Å². The molecule has 1 fully saturated rings. The molecule has 3 rings (SSSR count). The van der Waals surface area contributed by atoms with E-state index >= 15 is 0 Å². The van der Waals surface area contributed by atoms with Crippen LogP contribution in [0.1, 0.15) is 11.4 Å². The van der Waals surface area contributed by atoms with E-state index in [1.807, 2.05) is 30.4 Å². The van der Waals surface area contributed by atoms with Crippen LogP contribution in [0, 0.1) is 5.92 Å². The zero-order chi connectivity index (χ0) is 15.9. The SMILES string of the molecule is CN=C(NCc1nccs1)N1CCC(CSc2ccccc2)C1. The molecule has 0 radical (unpaired) electrons. The predicted octanol–water partition coefficient (Wildman–Crippen LogP) is 3.33. The molecule has 0 spiro atoms. The van der Waals surface area contributed by atoms with Crippen LogP contribution in [0.2, 0.25) is 0 Å². The summed E-state index contributed by atoms with van der Waals surface area (Å²) in [4.78, 5) is 12.5. The van der Waals surface area contributed by atoms with Crippen LogP contribution in [0.5, 0.6) is 0 Å². The zero-order valence-electron chi connectivity index (χ0n) is 13.3. The minimum absolute atomic E-state index is 0.721. The van der Waals surface area contributed by atoms with E-state index in [4.69, 9.17) is 0 Å². The summed E-state index contributed by atoms with van der Waals surface area (Å²) < 4.78 is 0. The Bertz CT molecular complexity index is 613. The lowest BCUT2D eigenvalue weighted by molar-refractivity contribution is 0.474. The van der Waals surface area contributed by atoms with Gasteiger partial charge < -0.3 is 10.2 Å². The fourth-order valence-electron chi connectivity index (χ4n) is 2.72. The van der Waals surface area contributed by atoms with Crippen LogP contribution in [-0.2, 0) is 6.54 Å². The number of nitrogens with one attached hydrogen (secondary N) is 1. The van der Waals surface area contributed by atoms with E-state index in [1.54, 1.807) is 11.3 Å². The van der Waals surface area contributed by atoms with E-state index in [0.29, 0.717) is 0 Å². The number of rotatable bonds is 5. The largest absolute Gasteiger partial charge is 0.350 e. The summed E-state index contributed by atoms with van der Waals surface area (Å²) >= 11 is 3.63. The monoisotopic (exact) mass is 346 g/mol. The van der Waals surface area contributed by atoms with Gasteiger partial charge in [-0.15, -0.1) is 23.1 Å². The summed E-state index contributed by atoms with van der Waals surface area (Å²) in [6.07, 6.45) is 3.08. The molecule has 1 N–H and O–H groups in total. The van der Waals surface area contributed by atoms with Gasteiger partial charge in [-0.25, -0.2) is 4.98 Å². The molecule has 0 amide bonds. The highest BCUT2D eigenvalue weighted by atomic mass is 32.2. The van der Waals surface area contributed by atoms with E-state index in [0.717, 1.165) is 36.5 Å². The molecule has 1 unspecified atom stereocenters. The van der Waals surface area contributed by atoms with Crippen molar-refractivity contribution in [3.8, 4) is 0 Å². The van der Waals surface area contributed by atoms with Gasteiger partial charge in [-0.3, -0.25) is 4.99 Å². The second-order valence-corrected chi connectivity index (χ2v) is 7.62. The molecular formula is C17H22N4S2. The maximum absolute atomic E-state index is 4.42. The molecule has 0 saturated carbocycles. The number of likely N-dealkylation sites (tertiary alicyclic amines) is 1. The molecular weight excluding hydrogens is 324 g/mol. The number of benzene rings is 1. The molecule has 1 aromatic carbocycles. The van der Waals surface area contributed by atoms with Gasteiger partial charge in [0, 0.05) is 42.4 Å². The minimum atomic E-state index is 0.721. The van der Waals surface area contributed by atoms with E-state index in [-0.39, 0.29) is 0 Å². The number of aromatic nitrogens is 1. The topological polar surface area (TPSA) is 40.5 Å². The average molecular weight is 347 g/mol. The minimum Gasteiger partial charge on any atom is -0.350 e. The normalized spacial score (nSPS) is 18.4. The van der Waals surface area contributed by atoms with Crippen LogP contribution in [0.25, 0.3) is 0 Å². The molecule has 4 nitrogen and oxygen atoms in total. The van der Waals surface area contributed by atoms with Crippen LogP contribution in [0.3, 0.4) is 0 Å². The van der Waals surface area contributed by atoms with Gasteiger partial charge in [0.25, 0.3) is 0 Å². The number of hydrogen-bond donors (Lipinski definition) is 1. The van der Waals surface area contributed by atoms with Crippen molar-refractivity contribution in [1.29, 1.82) is 0 Å². The van der Waals surface area contributed by atoms with Crippen molar-refractivity contribution in [2.75, 3.05) is 25.9 Å². The summed E-state index contributed by atoms with van der Waals surface area (Å²) in [7, 11) is 1.86. The van der Waals surface area contributed by atoms with Crippen molar-refractivity contribution in [2.45, 2.75) is 17.9 Å². The van der Waals surface area contributed by atoms with Crippen molar-refractivity contribution < 1.29 is 0 Å². The lowest BCUT2D eigenvalue weighted by Gasteiger charge is -2.21. The van der Waals surface area contributed by atoms with Gasteiger partial charge in [-0.1, -0.05) is 18.2 Å². The molecule has 1 aliphatic rings.